The number of hydrogen-bond donors (Lipinski definition) is 0. The molecule has 1 aliphatic carbocycles. The van der Waals surface area contributed by atoms with Gasteiger partial charge in [-0.1, -0.05) is 41.4 Å². The Kier molecular flexibility index (Phi) is 4.44. The lowest BCUT2D eigenvalue weighted by Crippen LogP contribution is -2.22. The van der Waals surface area contributed by atoms with Gasteiger partial charge in [-0.2, -0.15) is 0 Å². The molecular formula is C15H19BrO2. The van der Waals surface area contributed by atoms with Gasteiger partial charge < -0.3 is 4.74 Å². The highest BCUT2D eigenvalue weighted by molar-refractivity contribution is 9.10. The summed E-state index contributed by atoms with van der Waals surface area (Å²) >= 11 is 3.46. The molecule has 0 radical (unpaired) electrons. The molecule has 0 bridgehead atoms. The van der Waals surface area contributed by atoms with Gasteiger partial charge in [-0.25, -0.2) is 0 Å². The van der Waals surface area contributed by atoms with E-state index in [1.807, 2.05) is 12.1 Å². The molecule has 2 nitrogen and oxygen atoms in total. The fourth-order valence-electron chi connectivity index (χ4n) is 2.10. The minimum absolute atomic E-state index is 0.00377. The maximum absolute atomic E-state index is 12.1. The van der Waals surface area contributed by atoms with Crippen LogP contribution in [0.1, 0.15) is 38.2 Å². The molecule has 2 rings (SSSR count). The molecule has 1 fully saturated rings. The molecule has 0 heterocycles. The third kappa shape index (κ3) is 3.35. The van der Waals surface area contributed by atoms with Crippen LogP contribution in [-0.4, -0.2) is 12.6 Å². The lowest BCUT2D eigenvalue weighted by Gasteiger charge is -2.14. The average molecular weight is 311 g/mol. The van der Waals surface area contributed by atoms with E-state index in [9.17, 15) is 4.79 Å². The minimum Gasteiger partial charge on any atom is -0.465 e. The van der Waals surface area contributed by atoms with Crippen LogP contribution in [0.3, 0.4) is 0 Å². The van der Waals surface area contributed by atoms with Gasteiger partial charge in [0, 0.05) is 4.47 Å². The number of carbonyl (C=O) groups excluding carboxylic acids is 1. The molecule has 3 heteroatoms. The van der Waals surface area contributed by atoms with E-state index in [-0.39, 0.29) is 11.4 Å². The SMILES string of the molecule is CCCCOC(=O)C1(Cc2cccc(Br)c2)CC1. The zero-order valence-electron chi connectivity index (χ0n) is 10.7. The van der Waals surface area contributed by atoms with Crippen LogP contribution in [0.5, 0.6) is 0 Å². The maximum Gasteiger partial charge on any atom is 0.312 e. The van der Waals surface area contributed by atoms with Gasteiger partial charge >= 0.3 is 5.97 Å². The lowest BCUT2D eigenvalue weighted by molar-refractivity contribution is -0.150. The Balaban J connectivity index is 1.93. The molecule has 1 aromatic rings. The van der Waals surface area contributed by atoms with Crippen molar-refractivity contribution < 1.29 is 9.53 Å². The van der Waals surface area contributed by atoms with E-state index in [0.717, 1.165) is 36.6 Å². The predicted octanol–water partition coefficient (Wildman–Crippen LogP) is 4.12. The van der Waals surface area contributed by atoms with Gasteiger partial charge in [0.25, 0.3) is 0 Å². The zero-order valence-corrected chi connectivity index (χ0v) is 12.3. The van der Waals surface area contributed by atoms with Crippen LogP contribution in [0.15, 0.2) is 28.7 Å². The summed E-state index contributed by atoms with van der Waals surface area (Å²) in [5.41, 5.74) is 0.975. The molecule has 18 heavy (non-hydrogen) atoms. The summed E-state index contributed by atoms with van der Waals surface area (Å²) < 4.78 is 6.43. The highest BCUT2D eigenvalue weighted by atomic mass is 79.9. The Morgan fingerprint density at radius 1 is 1.44 bits per heavy atom. The monoisotopic (exact) mass is 310 g/mol. The van der Waals surface area contributed by atoms with E-state index >= 15 is 0 Å². The number of benzene rings is 1. The Hall–Kier alpha value is -0.830. The van der Waals surface area contributed by atoms with Gasteiger partial charge in [0.2, 0.25) is 0 Å². The van der Waals surface area contributed by atoms with Crippen LogP contribution < -0.4 is 0 Å². The molecule has 0 amide bonds. The van der Waals surface area contributed by atoms with E-state index in [4.69, 9.17) is 4.74 Å². The van der Waals surface area contributed by atoms with Crippen LogP contribution in [0.25, 0.3) is 0 Å². The summed E-state index contributed by atoms with van der Waals surface area (Å²) in [5, 5.41) is 0. The predicted molar refractivity (Wildman–Crippen MR) is 75.4 cm³/mol. The first-order chi connectivity index (χ1) is 8.66. The maximum atomic E-state index is 12.1. The average Bonchev–Trinajstić information content (AvgIpc) is 3.10. The molecule has 0 aromatic heterocycles. The molecule has 98 valence electrons. The molecule has 0 aliphatic heterocycles. The Labute approximate surface area is 117 Å². The molecule has 1 saturated carbocycles. The van der Waals surface area contributed by atoms with Crippen molar-refractivity contribution in [3.8, 4) is 0 Å². The van der Waals surface area contributed by atoms with Gasteiger partial charge in [0.05, 0.1) is 12.0 Å². The van der Waals surface area contributed by atoms with Crippen LogP contribution >= 0.6 is 15.9 Å². The van der Waals surface area contributed by atoms with E-state index < -0.39 is 0 Å². The van der Waals surface area contributed by atoms with Gasteiger partial charge in [0.15, 0.2) is 0 Å². The first-order valence-electron chi connectivity index (χ1n) is 6.58. The number of halogens is 1. The summed E-state index contributed by atoms with van der Waals surface area (Å²) in [6.07, 6.45) is 4.75. The van der Waals surface area contributed by atoms with E-state index in [2.05, 4.69) is 35.0 Å². The van der Waals surface area contributed by atoms with E-state index in [1.54, 1.807) is 0 Å². The second kappa shape index (κ2) is 5.87. The van der Waals surface area contributed by atoms with Crippen LogP contribution in [-0.2, 0) is 16.0 Å². The van der Waals surface area contributed by atoms with Crippen molar-refractivity contribution in [3.63, 3.8) is 0 Å². The Morgan fingerprint density at radius 3 is 2.83 bits per heavy atom. The van der Waals surface area contributed by atoms with Gasteiger partial charge in [-0.05, 0) is 43.4 Å². The van der Waals surface area contributed by atoms with Crippen molar-refractivity contribution in [3.05, 3.63) is 34.3 Å². The van der Waals surface area contributed by atoms with Crippen LogP contribution in [0.2, 0.25) is 0 Å². The van der Waals surface area contributed by atoms with Gasteiger partial charge in [0.1, 0.15) is 0 Å². The topological polar surface area (TPSA) is 26.3 Å². The highest BCUT2D eigenvalue weighted by Gasteiger charge is 2.51. The molecule has 0 atom stereocenters. The largest absolute Gasteiger partial charge is 0.465 e. The smallest absolute Gasteiger partial charge is 0.312 e. The quantitative estimate of drug-likeness (QED) is 0.583. The van der Waals surface area contributed by atoms with Gasteiger partial charge in [-0.15, -0.1) is 0 Å². The van der Waals surface area contributed by atoms with Crippen molar-refractivity contribution in [2.75, 3.05) is 6.61 Å². The molecule has 0 spiro atoms. The number of ether oxygens (including phenoxy) is 1. The third-order valence-corrected chi connectivity index (χ3v) is 3.94. The summed E-state index contributed by atoms with van der Waals surface area (Å²) in [6, 6.07) is 8.17. The number of esters is 1. The first kappa shape index (κ1) is 13.6. The standard InChI is InChI=1S/C15H19BrO2/c1-2-3-9-18-14(17)15(7-8-15)11-12-5-4-6-13(16)10-12/h4-6,10H,2-3,7-9,11H2,1H3. The molecule has 0 saturated heterocycles. The van der Waals surface area contributed by atoms with Gasteiger partial charge in [-0.3, -0.25) is 4.79 Å². The molecule has 0 unspecified atom stereocenters. The third-order valence-electron chi connectivity index (χ3n) is 3.45. The Bertz CT molecular complexity index is 424. The van der Waals surface area contributed by atoms with Crippen molar-refractivity contribution in [2.24, 2.45) is 5.41 Å². The number of hydrogen-bond acceptors (Lipinski definition) is 2. The second-order valence-corrected chi connectivity index (χ2v) is 5.99. The minimum atomic E-state index is -0.228. The zero-order chi connectivity index (χ0) is 13.0. The van der Waals surface area contributed by atoms with E-state index in [0.29, 0.717) is 6.61 Å². The van der Waals surface area contributed by atoms with Crippen LogP contribution in [0, 0.1) is 5.41 Å². The first-order valence-corrected chi connectivity index (χ1v) is 7.37. The summed E-state index contributed by atoms with van der Waals surface area (Å²) in [4.78, 5) is 12.1. The summed E-state index contributed by atoms with van der Waals surface area (Å²) in [7, 11) is 0. The van der Waals surface area contributed by atoms with Crippen molar-refractivity contribution in [1.29, 1.82) is 0 Å². The summed E-state index contributed by atoms with van der Waals surface area (Å²) in [6.45, 7) is 2.66. The molecular weight excluding hydrogens is 292 g/mol. The normalized spacial score (nSPS) is 16.3. The van der Waals surface area contributed by atoms with Crippen LogP contribution in [0.4, 0.5) is 0 Å². The molecule has 0 N–H and O–H groups in total. The lowest BCUT2D eigenvalue weighted by atomic mass is 9.97. The number of rotatable bonds is 6. The highest BCUT2D eigenvalue weighted by Crippen LogP contribution is 2.49. The number of carbonyl (C=O) groups is 1. The van der Waals surface area contributed by atoms with Crippen molar-refractivity contribution >= 4 is 21.9 Å². The van der Waals surface area contributed by atoms with Crippen molar-refractivity contribution in [1.82, 2.24) is 0 Å². The molecule has 1 aliphatic rings. The second-order valence-electron chi connectivity index (χ2n) is 5.08. The number of unbranched alkanes of at least 4 members (excludes halogenated alkanes) is 1. The van der Waals surface area contributed by atoms with E-state index in [1.165, 1.54) is 5.56 Å². The fraction of sp³-hybridized carbons (Fsp3) is 0.533. The molecule has 1 aromatic carbocycles. The fourth-order valence-corrected chi connectivity index (χ4v) is 2.55. The summed E-state index contributed by atoms with van der Waals surface area (Å²) in [5.74, 6) is -0.00377. The Morgan fingerprint density at radius 2 is 2.22 bits per heavy atom. The van der Waals surface area contributed by atoms with Crippen molar-refractivity contribution in [2.45, 2.75) is 39.0 Å².